The van der Waals surface area contributed by atoms with E-state index in [0.717, 1.165) is 11.1 Å². The number of hydrogen-bond donors (Lipinski definition) is 1. The lowest BCUT2D eigenvalue weighted by atomic mass is 10.0. The topological polar surface area (TPSA) is 67.5 Å². The lowest BCUT2D eigenvalue weighted by Crippen LogP contribution is -1.96. The molecule has 2 aromatic rings. The Morgan fingerprint density at radius 2 is 2.06 bits per heavy atom. The van der Waals surface area contributed by atoms with Crippen molar-refractivity contribution in [2.24, 2.45) is 0 Å². The molecule has 1 N–H and O–H groups in total. The van der Waals surface area contributed by atoms with Gasteiger partial charge in [-0.1, -0.05) is 6.07 Å². The molecular weight excluding hydrogens is 220 g/mol. The molecule has 0 unspecified atom stereocenters. The summed E-state index contributed by atoms with van der Waals surface area (Å²) in [4.78, 5) is 21.3. The van der Waals surface area contributed by atoms with Gasteiger partial charge in [0.05, 0.1) is 5.56 Å². The van der Waals surface area contributed by atoms with Gasteiger partial charge in [-0.2, -0.15) is 0 Å². The molecular formula is C13H10O4. The van der Waals surface area contributed by atoms with Gasteiger partial charge in [-0.3, -0.25) is 4.79 Å². The van der Waals surface area contributed by atoms with Crippen molar-refractivity contribution in [1.29, 1.82) is 0 Å². The van der Waals surface area contributed by atoms with E-state index < -0.39 is 5.97 Å². The lowest BCUT2D eigenvalue weighted by molar-refractivity contribution is 0.0696. The molecule has 0 aliphatic carbocycles. The summed E-state index contributed by atoms with van der Waals surface area (Å²) in [5, 5.41) is 8.84. The van der Waals surface area contributed by atoms with Gasteiger partial charge in [0.15, 0.2) is 12.0 Å². The Balaban J connectivity index is 2.46. The predicted molar refractivity (Wildman–Crippen MR) is 61.2 cm³/mol. The smallest absolute Gasteiger partial charge is 0.335 e. The predicted octanol–water partition coefficient (Wildman–Crippen LogP) is 2.77. The van der Waals surface area contributed by atoms with E-state index in [1.165, 1.54) is 6.07 Å². The summed E-state index contributed by atoms with van der Waals surface area (Å²) < 4.78 is 5.28. The number of aromatic carboxylic acids is 1. The maximum Gasteiger partial charge on any atom is 0.335 e. The summed E-state index contributed by atoms with van der Waals surface area (Å²) in [6.07, 6.45) is 0.629. The molecule has 1 heterocycles. The van der Waals surface area contributed by atoms with Crippen LogP contribution in [-0.4, -0.2) is 17.4 Å². The van der Waals surface area contributed by atoms with Crippen LogP contribution in [0.5, 0.6) is 0 Å². The number of carbonyl (C=O) groups excluding carboxylic acids is 1. The lowest BCUT2D eigenvalue weighted by Gasteiger charge is -2.03. The van der Waals surface area contributed by atoms with Crippen LogP contribution < -0.4 is 0 Å². The summed E-state index contributed by atoms with van der Waals surface area (Å²) in [5.74, 6) is -0.157. The van der Waals surface area contributed by atoms with E-state index in [1.54, 1.807) is 31.2 Å². The minimum atomic E-state index is -0.965. The quantitative estimate of drug-likeness (QED) is 0.823. The van der Waals surface area contributed by atoms with Gasteiger partial charge in [0, 0.05) is 5.56 Å². The largest absolute Gasteiger partial charge is 0.478 e. The molecule has 0 fully saturated rings. The zero-order valence-corrected chi connectivity index (χ0v) is 9.14. The van der Waals surface area contributed by atoms with E-state index in [-0.39, 0.29) is 11.3 Å². The third-order valence-electron chi connectivity index (χ3n) is 2.48. The van der Waals surface area contributed by atoms with Crippen molar-refractivity contribution in [3.63, 3.8) is 0 Å². The standard InChI is InChI=1S/C13H10O4/c1-8-6-9(13(15)16)2-4-11(8)12-5-3-10(7-14)17-12/h2-7H,1H3,(H,15,16). The van der Waals surface area contributed by atoms with Crippen LogP contribution in [0.2, 0.25) is 0 Å². The molecule has 0 saturated carbocycles. The van der Waals surface area contributed by atoms with Gasteiger partial charge < -0.3 is 9.52 Å². The van der Waals surface area contributed by atoms with E-state index in [1.807, 2.05) is 0 Å². The monoisotopic (exact) mass is 230 g/mol. The van der Waals surface area contributed by atoms with Gasteiger partial charge in [-0.05, 0) is 36.8 Å². The Labute approximate surface area is 97.5 Å². The molecule has 1 aromatic carbocycles. The number of carboxylic acid groups (broad SMARTS) is 1. The number of furan rings is 1. The average Bonchev–Trinajstić information content (AvgIpc) is 2.77. The Bertz CT molecular complexity index is 581. The van der Waals surface area contributed by atoms with Crippen LogP contribution in [0.15, 0.2) is 34.7 Å². The van der Waals surface area contributed by atoms with Gasteiger partial charge in [-0.25, -0.2) is 4.79 Å². The summed E-state index contributed by atoms with van der Waals surface area (Å²) >= 11 is 0. The maximum absolute atomic E-state index is 10.8. The Kier molecular flexibility index (Phi) is 2.78. The summed E-state index contributed by atoms with van der Waals surface area (Å²) in [6, 6.07) is 8.01. The number of aldehydes is 1. The highest BCUT2D eigenvalue weighted by molar-refractivity contribution is 5.88. The minimum Gasteiger partial charge on any atom is -0.478 e. The van der Waals surface area contributed by atoms with Crippen molar-refractivity contribution >= 4 is 12.3 Å². The fraction of sp³-hybridized carbons (Fsp3) is 0.0769. The Morgan fingerprint density at radius 1 is 1.29 bits per heavy atom. The second-order valence-corrected chi connectivity index (χ2v) is 3.65. The first-order chi connectivity index (χ1) is 8.11. The van der Waals surface area contributed by atoms with Crippen molar-refractivity contribution in [2.45, 2.75) is 6.92 Å². The molecule has 0 aliphatic heterocycles. The molecule has 0 bridgehead atoms. The molecule has 4 heteroatoms. The molecule has 0 radical (unpaired) electrons. The number of carbonyl (C=O) groups is 2. The molecule has 86 valence electrons. The molecule has 4 nitrogen and oxygen atoms in total. The van der Waals surface area contributed by atoms with Crippen molar-refractivity contribution in [1.82, 2.24) is 0 Å². The van der Waals surface area contributed by atoms with E-state index in [4.69, 9.17) is 9.52 Å². The fourth-order valence-electron chi connectivity index (χ4n) is 1.63. The van der Waals surface area contributed by atoms with E-state index in [9.17, 15) is 9.59 Å². The van der Waals surface area contributed by atoms with Crippen LogP contribution in [0.4, 0.5) is 0 Å². The minimum absolute atomic E-state index is 0.230. The van der Waals surface area contributed by atoms with Gasteiger partial charge >= 0.3 is 5.97 Å². The van der Waals surface area contributed by atoms with Crippen LogP contribution in [-0.2, 0) is 0 Å². The second kappa shape index (κ2) is 4.25. The van der Waals surface area contributed by atoms with Gasteiger partial charge in [0.25, 0.3) is 0 Å². The Hall–Kier alpha value is -2.36. The number of rotatable bonds is 3. The second-order valence-electron chi connectivity index (χ2n) is 3.65. The summed E-state index contributed by atoms with van der Waals surface area (Å²) in [7, 11) is 0. The van der Waals surface area contributed by atoms with Crippen molar-refractivity contribution in [2.75, 3.05) is 0 Å². The van der Waals surface area contributed by atoms with Gasteiger partial charge in [0.1, 0.15) is 5.76 Å². The number of carboxylic acids is 1. The molecule has 1 aromatic heterocycles. The Morgan fingerprint density at radius 3 is 2.59 bits per heavy atom. The van der Waals surface area contributed by atoms with Gasteiger partial charge in [0.2, 0.25) is 0 Å². The molecule has 0 aliphatic rings. The summed E-state index contributed by atoms with van der Waals surface area (Å²) in [5.41, 5.74) is 1.80. The highest BCUT2D eigenvalue weighted by Crippen LogP contribution is 2.25. The summed E-state index contributed by atoms with van der Waals surface area (Å²) in [6.45, 7) is 1.80. The van der Waals surface area contributed by atoms with E-state index >= 15 is 0 Å². The third kappa shape index (κ3) is 2.10. The van der Waals surface area contributed by atoms with Gasteiger partial charge in [-0.15, -0.1) is 0 Å². The fourth-order valence-corrected chi connectivity index (χ4v) is 1.63. The number of aryl methyl sites for hydroxylation is 1. The maximum atomic E-state index is 10.8. The van der Waals surface area contributed by atoms with Crippen LogP contribution in [0.1, 0.15) is 26.5 Å². The van der Waals surface area contributed by atoms with Crippen molar-refractivity contribution in [3.05, 3.63) is 47.2 Å². The number of benzene rings is 1. The van der Waals surface area contributed by atoms with E-state index in [0.29, 0.717) is 12.0 Å². The molecule has 0 atom stereocenters. The first kappa shape index (κ1) is 11.1. The average molecular weight is 230 g/mol. The normalized spacial score (nSPS) is 10.2. The molecule has 0 amide bonds. The first-order valence-electron chi connectivity index (χ1n) is 5.01. The first-order valence-corrected chi connectivity index (χ1v) is 5.01. The van der Waals surface area contributed by atoms with Crippen LogP contribution >= 0.6 is 0 Å². The highest BCUT2D eigenvalue weighted by atomic mass is 16.4. The molecule has 0 saturated heterocycles. The van der Waals surface area contributed by atoms with Crippen LogP contribution in [0.25, 0.3) is 11.3 Å². The van der Waals surface area contributed by atoms with Crippen molar-refractivity contribution in [3.8, 4) is 11.3 Å². The van der Waals surface area contributed by atoms with E-state index in [2.05, 4.69) is 0 Å². The highest BCUT2D eigenvalue weighted by Gasteiger charge is 2.10. The molecule has 17 heavy (non-hydrogen) atoms. The SMILES string of the molecule is Cc1cc(C(=O)O)ccc1-c1ccc(C=O)o1. The molecule has 0 spiro atoms. The molecule has 2 rings (SSSR count). The zero-order valence-electron chi connectivity index (χ0n) is 9.14. The number of hydrogen-bond acceptors (Lipinski definition) is 3. The third-order valence-corrected chi connectivity index (χ3v) is 2.48. The van der Waals surface area contributed by atoms with Crippen LogP contribution in [0, 0.1) is 6.92 Å². The zero-order chi connectivity index (χ0) is 12.4. The van der Waals surface area contributed by atoms with Crippen molar-refractivity contribution < 1.29 is 19.1 Å². The van der Waals surface area contributed by atoms with Crippen LogP contribution in [0.3, 0.4) is 0 Å².